The first kappa shape index (κ1) is 8.90. The normalized spacial score (nSPS) is 23.5. The first-order valence-electron chi connectivity index (χ1n) is 3.97. The summed E-state index contributed by atoms with van der Waals surface area (Å²) in [5, 5.41) is 0. The summed E-state index contributed by atoms with van der Waals surface area (Å²) in [5.41, 5.74) is 5.16. The van der Waals surface area contributed by atoms with Crippen LogP contribution in [0.5, 0.6) is 0 Å². The molecule has 1 atom stereocenters. The second kappa shape index (κ2) is 4.64. The highest BCUT2D eigenvalue weighted by atomic mass is 19.1. The first-order chi connectivity index (χ1) is 5.33. The van der Waals surface area contributed by atoms with Crippen molar-refractivity contribution in [3.05, 3.63) is 0 Å². The second-order valence-electron chi connectivity index (χ2n) is 2.75. The van der Waals surface area contributed by atoms with Crippen LogP contribution in [0.4, 0.5) is 4.39 Å². The minimum atomic E-state index is -0.881. The number of rotatable bonds is 3. The highest BCUT2D eigenvalue weighted by Crippen LogP contribution is 1.99. The lowest BCUT2D eigenvalue weighted by Gasteiger charge is -2.27. The molecule has 0 aromatic rings. The Labute approximate surface area is 66.3 Å². The van der Waals surface area contributed by atoms with Crippen LogP contribution in [-0.2, 0) is 4.74 Å². The van der Waals surface area contributed by atoms with Crippen molar-refractivity contribution in [1.82, 2.24) is 4.90 Å². The van der Waals surface area contributed by atoms with Crippen molar-refractivity contribution in [3.63, 3.8) is 0 Å². The lowest BCUT2D eigenvalue weighted by molar-refractivity contribution is 0.0279. The number of alkyl halides is 1. The molecule has 1 fully saturated rings. The van der Waals surface area contributed by atoms with E-state index in [0.29, 0.717) is 6.54 Å². The van der Waals surface area contributed by atoms with Crippen LogP contribution in [0.3, 0.4) is 0 Å². The number of morpholine rings is 1. The maximum absolute atomic E-state index is 12.7. The Kier molecular flexibility index (Phi) is 3.76. The van der Waals surface area contributed by atoms with Crippen molar-refractivity contribution in [2.75, 3.05) is 39.4 Å². The summed E-state index contributed by atoms with van der Waals surface area (Å²) in [7, 11) is 0. The molecule has 1 rings (SSSR count). The van der Waals surface area contributed by atoms with Crippen LogP contribution in [0.1, 0.15) is 0 Å². The minimum Gasteiger partial charge on any atom is -0.379 e. The molecule has 2 N–H and O–H groups in total. The summed E-state index contributed by atoms with van der Waals surface area (Å²) < 4.78 is 17.8. The molecule has 66 valence electrons. The summed E-state index contributed by atoms with van der Waals surface area (Å²) in [4.78, 5) is 2.04. The lowest BCUT2D eigenvalue weighted by atomic mass is 10.3. The molecule has 0 radical (unpaired) electrons. The average Bonchev–Trinajstić information content (AvgIpc) is 2.06. The van der Waals surface area contributed by atoms with Crippen molar-refractivity contribution < 1.29 is 9.13 Å². The molecule has 0 aliphatic carbocycles. The van der Waals surface area contributed by atoms with E-state index >= 15 is 0 Å². The van der Waals surface area contributed by atoms with Gasteiger partial charge in [0.05, 0.1) is 13.2 Å². The summed E-state index contributed by atoms with van der Waals surface area (Å²) >= 11 is 0. The van der Waals surface area contributed by atoms with Crippen molar-refractivity contribution >= 4 is 0 Å². The highest BCUT2D eigenvalue weighted by Gasteiger charge is 2.14. The second-order valence-corrected chi connectivity index (χ2v) is 2.75. The van der Waals surface area contributed by atoms with E-state index in [9.17, 15) is 4.39 Å². The quantitative estimate of drug-likeness (QED) is 0.614. The molecule has 0 amide bonds. The molecular weight excluding hydrogens is 147 g/mol. The van der Waals surface area contributed by atoms with Crippen molar-refractivity contribution in [1.29, 1.82) is 0 Å². The Morgan fingerprint density at radius 2 is 2.09 bits per heavy atom. The monoisotopic (exact) mass is 162 g/mol. The fraction of sp³-hybridized carbons (Fsp3) is 1.00. The lowest BCUT2D eigenvalue weighted by Crippen LogP contribution is -2.41. The van der Waals surface area contributed by atoms with E-state index in [2.05, 4.69) is 0 Å². The van der Waals surface area contributed by atoms with Gasteiger partial charge in [-0.05, 0) is 0 Å². The van der Waals surface area contributed by atoms with E-state index in [1.165, 1.54) is 0 Å². The molecule has 0 bridgehead atoms. The predicted octanol–water partition coefficient (Wildman–Crippen LogP) is -0.385. The van der Waals surface area contributed by atoms with Crippen molar-refractivity contribution in [2.24, 2.45) is 5.73 Å². The van der Waals surface area contributed by atoms with Crippen LogP contribution in [0.2, 0.25) is 0 Å². The third-order valence-electron chi connectivity index (χ3n) is 1.82. The number of ether oxygens (including phenoxy) is 1. The van der Waals surface area contributed by atoms with Crippen LogP contribution in [-0.4, -0.2) is 50.5 Å². The number of nitrogens with two attached hydrogens (primary N) is 1. The van der Waals surface area contributed by atoms with Gasteiger partial charge in [-0.25, -0.2) is 4.39 Å². The fourth-order valence-corrected chi connectivity index (χ4v) is 1.14. The van der Waals surface area contributed by atoms with Gasteiger partial charge < -0.3 is 10.5 Å². The molecule has 1 heterocycles. The molecule has 4 heteroatoms. The van der Waals surface area contributed by atoms with Gasteiger partial charge in [-0.3, -0.25) is 4.90 Å². The Morgan fingerprint density at radius 1 is 1.45 bits per heavy atom. The third-order valence-corrected chi connectivity index (χ3v) is 1.82. The standard InChI is InChI=1S/C7H15FN2O/c8-7(5-9)6-10-1-3-11-4-2-10/h7H,1-6,9H2. The molecule has 0 saturated carbocycles. The molecule has 1 aliphatic heterocycles. The summed E-state index contributed by atoms with van der Waals surface area (Å²) in [6.45, 7) is 3.69. The van der Waals surface area contributed by atoms with E-state index in [4.69, 9.17) is 10.5 Å². The van der Waals surface area contributed by atoms with Gasteiger partial charge >= 0.3 is 0 Å². The van der Waals surface area contributed by atoms with Gasteiger partial charge in [0.15, 0.2) is 0 Å². The largest absolute Gasteiger partial charge is 0.379 e. The predicted molar refractivity (Wildman–Crippen MR) is 41.2 cm³/mol. The number of hydrogen-bond acceptors (Lipinski definition) is 3. The number of halogens is 1. The van der Waals surface area contributed by atoms with E-state index < -0.39 is 6.17 Å². The smallest absolute Gasteiger partial charge is 0.125 e. The SMILES string of the molecule is NCC(F)CN1CCOCC1. The summed E-state index contributed by atoms with van der Waals surface area (Å²) in [6.07, 6.45) is -0.881. The molecule has 3 nitrogen and oxygen atoms in total. The van der Waals surface area contributed by atoms with Crippen LogP contribution in [0.15, 0.2) is 0 Å². The van der Waals surface area contributed by atoms with Crippen LogP contribution in [0, 0.1) is 0 Å². The van der Waals surface area contributed by atoms with E-state index in [-0.39, 0.29) is 6.54 Å². The fourth-order valence-electron chi connectivity index (χ4n) is 1.14. The molecule has 0 aromatic carbocycles. The van der Waals surface area contributed by atoms with E-state index in [1.54, 1.807) is 0 Å². The van der Waals surface area contributed by atoms with Gasteiger partial charge in [-0.2, -0.15) is 0 Å². The van der Waals surface area contributed by atoms with Gasteiger partial charge in [-0.15, -0.1) is 0 Å². The number of hydrogen-bond donors (Lipinski definition) is 1. The van der Waals surface area contributed by atoms with Crippen LogP contribution < -0.4 is 5.73 Å². The minimum absolute atomic E-state index is 0.122. The zero-order valence-electron chi connectivity index (χ0n) is 6.63. The van der Waals surface area contributed by atoms with Crippen molar-refractivity contribution in [2.45, 2.75) is 6.17 Å². The van der Waals surface area contributed by atoms with Crippen LogP contribution in [0.25, 0.3) is 0 Å². The average molecular weight is 162 g/mol. The molecular formula is C7H15FN2O. The maximum atomic E-state index is 12.7. The van der Waals surface area contributed by atoms with Crippen molar-refractivity contribution in [3.8, 4) is 0 Å². The van der Waals surface area contributed by atoms with Gasteiger partial charge in [0, 0.05) is 26.2 Å². The zero-order valence-corrected chi connectivity index (χ0v) is 6.63. The highest BCUT2D eigenvalue weighted by molar-refractivity contribution is 4.67. The topological polar surface area (TPSA) is 38.5 Å². The Bertz CT molecular complexity index is 107. The molecule has 0 spiro atoms. The van der Waals surface area contributed by atoms with Crippen LogP contribution >= 0.6 is 0 Å². The molecule has 1 unspecified atom stereocenters. The van der Waals surface area contributed by atoms with Gasteiger partial charge in [0.1, 0.15) is 6.17 Å². The zero-order chi connectivity index (χ0) is 8.10. The summed E-state index contributed by atoms with van der Waals surface area (Å²) in [6, 6.07) is 0. The Morgan fingerprint density at radius 3 is 2.64 bits per heavy atom. The third kappa shape index (κ3) is 3.14. The van der Waals surface area contributed by atoms with E-state index in [0.717, 1.165) is 26.3 Å². The number of nitrogens with zero attached hydrogens (tertiary/aromatic N) is 1. The molecule has 0 aromatic heterocycles. The molecule has 1 saturated heterocycles. The first-order valence-corrected chi connectivity index (χ1v) is 3.97. The van der Waals surface area contributed by atoms with Gasteiger partial charge in [-0.1, -0.05) is 0 Å². The Balaban J connectivity index is 2.13. The molecule has 1 aliphatic rings. The molecule has 11 heavy (non-hydrogen) atoms. The van der Waals surface area contributed by atoms with Gasteiger partial charge in [0.2, 0.25) is 0 Å². The van der Waals surface area contributed by atoms with E-state index in [1.807, 2.05) is 4.90 Å². The maximum Gasteiger partial charge on any atom is 0.125 e. The van der Waals surface area contributed by atoms with Gasteiger partial charge in [0.25, 0.3) is 0 Å². The Hall–Kier alpha value is -0.190. The summed E-state index contributed by atoms with van der Waals surface area (Å²) in [5.74, 6) is 0.